The monoisotopic (exact) mass is 238 g/mol. The molecular weight excluding hydrogens is 220 g/mol. The largest absolute Gasteiger partial charge is 0.490 e. The average Bonchev–Trinajstić information content (AvgIpc) is 2.89. The minimum atomic E-state index is 0.329. The maximum absolute atomic E-state index is 6.14. The molecule has 0 amide bonds. The smallest absolute Gasteiger partial charge is 0.119 e. The predicted molar refractivity (Wildman–Crippen MR) is 73.9 cm³/mol. The Bertz CT molecular complexity index is 477. The molecule has 3 rings (SSSR count). The molecule has 1 nitrogen and oxygen atoms in total. The first-order chi connectivity index (χ1) is 8.93. The van der Waals surface area contributed by atoms with Crippen LogP contribution in [0.15, 0.2) is 60.7 Å². The zero-order chi connectivity index (χ0) is 12.2. The van der Waals surface area contributed by atoms with Crippen LogP contribution in [0.2, 0.25) is 0 Å². The molecule has 2 aromatic rings. The van der Waals surface area contributed by atoms with Crippen LogP contribution in [0, 0.1) is 0 Å². The van der Waals surface area contributed by atoms with Crippen LogP contribution in [0.25, 0.3) is 0 Å². The molecule has 18 heavy (non-hydrogen) atoms. The molecule has 0 saturated heterocycles. The van der Waals surface area contributed by atoms with Gasteiger partial charge >= 0.3 is 0 Å². The third-order valence-electron chi connectivity index (χ3n) is 3.71. The second kappa shape index (κ2) is 5.26. The number of benzene rings is 2. The van der Waals surface area contributed by atoms with Crippen molar-refractivity contribution in [1.29, 1.82) is 0 Å². The first-order valence-corrected chi connectivity index (χ1v) is 6.70. The van der Waals surface area contributed by atoms with E-state index in [0.29, 0.717) is 12.0 Å². The Balaban J connectivity index is 1.76. The van der Waals surface area contributed by atoms with E-state index in [9.17, 15) is 0 Å². The second-order valence-electron chi connectivity index (χ2n) is 4.92. The third-order valence-corrected chi connectivity index (χ3v) is 3.71. The van der Waals surface area contributed by atoms with E-state index < -0.39 is 0 Å². The Morgan fingerprint density at radius 2 is 1.44 bits per heavy atom. The Morgan fingerprint density at radius 3 is 2.17 bits per heavy atom. The van der Waals surface area contributed by atoms with E-state index in [0.717, 1.165) is 12.2 Å². The molecule has 0 heterocycles. The molecule has 1 heteroatoms. The Hall–Kier alpha value is -1.76. The maximum Gasteiger partial charge on any atom is 0.119 e. The summed E-state index contributed by atoms with van der Waals surface area (Å²) in [4.78, 5) is 0. The normalized spacial score (nSPS) is 22.9. The Kier molecular flexibility index (Phi) is 3.31. The van der Waals surface area contributed by atoms with Crippen LogP contribution in [0.5, 0.6) is 5.75 Å². The lowest BCUT2D eigenvalue weighted by atomic mass is 9.96. The molecule has 0 N–H and O–H groups in total. The lowest BCUT2D eigenvalue weighted by Gasteiger charge is -2.21. The van der Waals surface area contributed by atoms with Crippen LogP contribution in [0.1, 0.15) is 30.7 Å². The molecule has 92 valence electrons. The van der Waals surface area contributed by atoms with Crippen molar-refractivity contribution in [3.05, 3.63) is 66.2 Å². The van der Waals surface area contributed by atoms with E-state index in [1.54, 1.807) is 0 Å². The first-order valence-electron chi connectivity index (χ1n) is 6.70. The van der Waals surface area contributed by atoms with Crippen molar-refractivity contribution in [2.45, 2.75) is 31.3 Å². The molecule has 1 saturated carbocycles. The van der Waals surface area contributed by atoms with Gasteiger partial charge in [-0.1, -0.05) is 48.5 Å². The van der Waals surface area contributed by atoms with Gasteiger partial charge in [-0.25, -0.2) is 0 Å². The molecule has 0 aliphatic heterocycles. The number of hydrogen-bond acceptors (Lipinski definition) is 1. The number of rotatable bonds is 3. The van der Waals surface area contributed by atoms with Crippen LogP contribution in [0.4, 0.5) is 0 Å². The summed E-state index contributed by atoms with van der Waals surface area (Å²) in [6.07, 6.45) is 3.99. The van der Waals surface area contributed by atoms with E-state index in [1.807, 2.05) is 30.3 Å². The highest BCUT2D eigenvalue weighted by Crippen LogP contribution is 2.37. The van der Waals surface area contributed by atoms with Gasteiger partial charge in [0.1, 0.15) is 11.9 Å². The van der Waals surface area contributed by atoms with E-state index in [4.69, 9.17) is 4.74 Å². The zero-order valence-electron chi connectivity index (χ0n) is 10.5. The number of para-hydroxylation sites is 1. The van der Waals surface area contributed by atoms with Crippen LogP contribution in [-0.2, 0) is 0 Å². The van der Waals surface area contributed by atoms with Gasteiger partial charge in [-0.3, -0.25) is 0 Å². The molecule has 1 fully saturated rings. The topological polar surface area (TPSA) is 9.23 Å². The van der Waals surface area contributed by atoms with Crippen molar-refractivity contribution in [3.8, 4) is 5.75 Å². The minimum Gasteiger partial charge on any atom is -0.490 e. The van der Waals surface area contributed by atoms with Crippen molar-refractivity contribution in [3.63, 3.8) is 0 Å². The fourth-order valence-corrected chi connectivity index (χ4v) is 2.82. The molecule has 0 spiro atoms. The number of hydrogen-bond donors (Lipinski definition) is 0. The lowest BCUT2D eigenvalue weighted by molar-refractivity contribution is 0.190. The lowest BCUT2D eigenvalue weighted by Crippen LogP contribution is -2.19. The summed E-state index contributed by atoms with van der Waals surface area (Å²) >= 11 is 0. The average molecular weight is 238 g/mol. The summed E-state index contributed by atoms with van der Waals surface area (Å²) < 4.78 is 6.14. The highest BCUT2D eigenvalue weighted by Gasteiger charge is 2.30. The summed E-state index contributed by atoms with van der Waals surface area (Å²) in [6.45, 7) is 0. The molecule has 1 aliphatic rings. The molecule has 2 atom stereocenters. The Morgan fingerprint density at radius 1 is 0.778 bits per heavy atom. The fraction of sp³-hybridized carbons (Fsp3) is 0.294. The summed E-state index contributed by atoms with van der Waals surface area (Å²) in [7, 11) is 0. The predicted octanol–water partition coefficient (Wildman–Crippen LogP) is 4.40. The molecule has 0 bridgehead atoms. The molecule has 0 aromatic heterocycles. The van der Waals surface area contributed by atoms with Crippen molar-refractivity contribution in [2.24, 2.45) is 0 Å². The molecule has 0 radical (unpaired) electrons. The van der Waals surface area contributed by atoms with Crippen molar-refractivity contribution in [2.75, 3.05) is 0 Å². The van der Waals surface area contributed by atoms with Gasteiger partial charge in [0, 0.05) is 5.92 Å². The summed E-state index contributed by atoms with van der Waals surface area (Å²) in [6, 6.07) is 20.9. The van der Waals surface area contributed by atoms with Crippen molar-refractivity contribution >= 4 is 0 Å². The SMILES string of the molecule is c1ccc(OC2CCCC2c2ccccc2)cc1. The highest BCUT2D eigenvalue weighted by atomic mass is 16.5. The molecule has 2 aromatic carbocycles. The Labute approximate surface area is 108 Å². The van der Waals surface area contributed by atoms with Crippen molar-refractivity contribution in [1.82, 2.24) is 0 Å². The van der Waals surface area contributed by atoms with Crippen LogP contribution in [0.3, 0.4) is 0 Å². The summed E-state index contributed by atoms with van der Waals surface area (Å²) in [5, 5.41) is 0. The summed E-state index contributed by atoms with van der Waals surface area (Å²) in [5.41, 5.74) is 1.41. The quantitative estimate of drug-likeness (QED) is 0.770. The molecule has 1 aliphatic carbocycles. The van der Waals surface area contributed by atoms with E-state index in [-0.39, 0.29) is 0 Å². The van der Waals surface area contributed by atoms with E-state index in [2.05, 4.69) is 30.3 Å². The van der Waals surface area contributed by atoms with Gasteiger partial charge in [0.15, 0.2) is 0 Å². The molecular formula is C17H18O. The first kappa shape index (κ1) is 11.3. The second-order valence-corrected chi connectivity index (χ2v) is 4.92. The minimum absolute atomic E-state index is 0.329. The van der Waals surface area contributed by atoms with Crippen LogP contribution >= 0.6 is 0 Å². The maximum atomic E-state index is 6.14. The van der Waals surface area contributed by atoms with Crippen LogP contribution < -0.4 is 4.74 Å². The standard InChI is InChI=1S/C17H18O/c1-3-8-14(9-4-1)16-12-7-13-17(16)18-15-10-5-2-6-11-15/h1-6,8-11,16-17H,7,12-13H2. The van der Waals surface area contributed by atoms with E-state index in [1.165, 1.54) is 18.4 Å². The van der Waals surface area contributed by atoms with Gasteiger partial charge in [0.2, 0.25) is 0 Å². The summed E-state index contributed by atoms with van der Waals surface area (Å²) in [5.74, 6) is 1.54. The van der Waals surface area contributed by atoms with Gasteiger partial charge in [-0.2, -0.15) is 0 Å². The van der Waals surface area contributed by atoms with Gasteiger partial charge in [0.25, 0.3) is 0 Å². The fourth-order valence-electron chi connectivity index (χ4n) is 2.82. The van der Waals surface area contributed by atoms with Gasteiger partial charge in [0.05, 0.1) is 0 Å². The van der Waals surface area contributed by atoms with Gasteiger partial charge in [-0.15, -0.1) is 0 Å². The highest BCUT2D eigenvalue weighted by molar-refractivity contribution is 5.25. The van der Waals surface area contributed by atoms with Crippen molar-refractivity contribution < 1.29 is 4.74 Å². The third kappa shape index (κ3) is 2.40. The van der Waals surface area contributed by atoms with Crippen LogP contribution in [-0.4, -0.2) is 6.10 Å². The van der Waals surface area contributed by atoms with Gasteiger partial charge in [-0.05, 0) is 37.0 Å². The molecule has 2 unspecified atom stereocenters. The van der Waals surface area contributed by atoms with E-state index >= 15 is 0 Å². The zero-order valence-corrected chi connectivity index (χ0v) is 10.5. The number of ether oxygens (including phenoxy) is 1. The van der Waals surface area contributed by atoms with Gasteiger partial charge < -0.3 is 4.74 Å².